The molecule has 2 N–H and O–H groups in total. The number of aliphatic carboxylic acids is 1. The largest absolute Gasteiger partial charge is 0.490 e. The van der Waals surface area contributed by atoms with Crippen molar-refractivity contribution in [3.05, 3.63) is 87.4 Å². The van der Waals surface area contributed by atoms with Crippen molar-refractivity contribution in [2.45, 2.75) is 44.6 Å². The number of rotatable bonds is 7. The highest BCUT2D eigenvalue weighted by Gasteiger charge is 2.51. The lowest BCUT2D eigenvalue weighted by atomic mass is 9.94. The fourth-order valence-electron chi connectivity index (χ4n) is 4.61. The Balaban J connectivity index is 1.28. The summed E-state index contributed by atoms with van der Waals surface area (Å²) < 4.78 is 11.9. The van der Waals surface area contributed by atoms with Crippen LogP contribution >= 0.6 is 11.6 Å². The molecular weight excluding hydrogens is 466 g/mol. The van der Waals surface area contributed by atoms with Crippen molar-refractivity contribution in [1.82, 2.24) is 0 Å². The average molecular weight is 492 g/mol. The van der Waals surface area contributed by atoms with Crippen molar-refractivity contribution in [2.75, 3.05) is 11.9 Å². The van der Waals surface area contributed by atoms with Gasteiger partial charge >= 0.3 is 5.97 Å². The lowest BCUT2D eigenvalue weighted by molar-refractivity contribution is -0.140. The number of aryl methyl sites for hydroxylation is 2. The molecule has 6 nitrogen and oxygen atoms in total. The molecule has 1 aliphatic carbocycles. The van der Waals surface area contributed by atoms with Gasteiger partial charge in [0, 0.05) is 12.1 Å². The highest BCUT2D eigenvalue weighted by Crippen LogP contribution is 2.49. The van der Waals surface area contributed by atoms with E-state index >= 15 is 0 Å². The molecule has 0 bridgehead atoms. The van der Waals surface area contributed by atoms with Gasteiger partial charge in [0.25, 0.3) is 5.91 Å². The van der Waals surface area contributed by atoms with Crippen molar-refractivity contribution in [2.24, 2.45) is 0 Å². The number of carbonyl (C=O) groups excluding carboxylic acids is 1. The molecule has 0 spiro atoms. The summed E-state index contributed by atoms with van der Waals surface area (Å²) in [7, 11) is 0. The van der Waals surface area contributed by atoms with Crippen LogP contribution < -0.4 is 14.8 Å². The van der Waals surface area contributed by atoms with E-state index < -0.39 is 11.4 Å². The van der Waals surface area contributed by atoms with Gasteiger partial charge in [0.15, 0.2) is 0 Å². The molecule has 2 aliphatic rings. The SMILES string of the molecule is Cc1ccc(C2(C(=O)O)CC2)cc1NC(=O)c1c(C)cc(OC[C@@H]2Cc3ccccc3O2)cc1Cl. The molecule has 180 valence electrons. The van der Waals surface area contributed by atoms with E-state index in [-0.39, 0.29) is 17.0 Å². The fourth-order valence-corrected chi connectivity index (χ4v) is 4.95. The Morgan fingerprint density at radius 3 is 2.57 bits per heavy atom. The predicted octanol–water partition coefficient (Wildman–Crippen LogP) is 5.71. The molecule has 7 heteroatoms. The first kappa shape index (κ1) is 23.2. The van der Waals surface area contributed by atoms with Crippen molar-refractivity contribution in [3.63, 3.8) is 0 Å². The summed E-state index contributed by atoms with van der Waals surface area (Å²) in [6, 6.07) is 16.8. The number of carboxylic acids is 1. The average Bonchev–Trinajstić information content (AvgIpc) is 3.52. The second-order valence-corrected chi connectivity index (χ2v) is 9.74. The Morgan fingerprint density at radius 1 is 1.11 bits per heavy atom. The number of amides is 1. The van der Waals surface area contributed by atoms with Gasteiger partial charge in [-0.05, 0) is 73.2 Å². The van der Waals surface area contributed by atoms with Crippen LogP contribution in [0.25, 0.3) is 0 Å². The Kier molecular flexibility index (Phi) is 5.93. The van der Waals surface area contributed by atoms with Crippen LogP contribution in [-0.2, 0) is 16.6 Å². The number of hydrogen-bond donors (Lipinski definition) is 2. The maximum absolute atomic E-state index is 13.1. The first-order valence-corrected chi connectivity index (χ1v) is 12.0. The van der Waals surface area contributed by atoms with Gasteiger partial charge in [-0.1, -0.05) is 41.9 Å². The zero-order chi connectivity index (χ0) is 24.7. The van der Waals surface area contributed by atoms with E-state index in [0.29, 0.717) is 47.6 Å². The van der Waals surface area contributed by atoms with Gasteiger partial charge in [0.2, 0.25) is 0 Å². The van der Waals surface area contributed by atoms with E-state index in [1.54, 1.807) is 18.2 Å². The molecule has 3 aromatic carbocycles. The van der Waals surface area contributed by atoms with Crippen LogP contribution in [0, 0.1) is 13.8 Å². The third-order valence-corrected chi connectivity index (χ3v) is 7.13. The summed E-state index contributed by atoms with van der Waals surface area (Å²) in [5, 5.41) is 12.8. The second-order valence-electron chi connectivity index (χ2n) is 9.33. The number of carbonyl (C=O) groups is 2. The third-order valence-electron chi connectivity index (χ3n) is 6.84. The lowest BCUT2D eigenvalue weighted by Crippen LogP contribution is -2.22. The van der Waals surface area contributed by atoms with Gasteiger partial charge in [0.05, 0.1) is 16.0 Å². The Hall–Kier alpha value is -3.51. The first-order chi connectivity index (χ1) is 16.8. The van der Waals surface area contributed by atoms with Gasteiger partial charge in [-0.2, -0.15) is 0 Å². The minimum atomic E-state index is -0.843. The number of halogens is 1. The quantitative estimate of drug-likeness (QED) is 0.442. The monoisotopic (exact) mass is 491 g/mol. The number of nitrogens with one attached hydrogen (secondary N) is 1. The maximum atomic E-state index is 13.1. The molecule has 0 radical (unpaired) electrons. The smallest absolute Gasteiger partial charge is 0.314 e. The summed E-state index contributed by atoms with van der Waals surface area (Å²) in [6.45, 7) is 4.05. The van der Waals surface area contributed by atoms with Crippen LogP contribution in [-0.4, -0.2) is 29.7 Å². The highest BCUT2D eigenvalue weighted by molar-refractivity contribution is 6.34. The summed E-state index contributed by atoms with van der Waals surface area (Å²) in [6.07, 6.45) is 1.90. The molecule has 0 saturated heterocycles. The topological polar surface area (TPSA) is 84.9 Å². The van der Waals surface area contributed by atoms with E-state index in [1.165, 1.54) is 0 Å². The molecule has 1 heterocycles. The van der Waals surface area contributed by atoms with E-state index in [9.17, 15) is 14.7 Å². The van der Waals surface area contributed by atoms with Crippen molar-refractivity contribution in [1.29, 1.82) is 0 Å². The molecule has 1 atom stereocenters. The minimum Gasteiger partial charge on any atom is -0.490 e. The normalized spacial score (nSPS) is 17.3. The molecule has 3 aromatic rings. The molecule has 1 amide bonds. The van der Waals surface area contributed by atoms with Crippen molar-refractivity contribution in [3.8, 4) is 11.5 Å². The molecule has 35 heavy (non-hydrogen) atoms. The number of benzene rings is 3. The first-order valence-electron chi connectivity index (χ1n) is 11.6. The summed E-state index contributed by atoms with van der Waals surface area (Å²) >= 11 is 6.51. The maximum Gasteiger partial charge on any atom is 0.314 e. The number of ether oxygens (including phenoxy) is 2. The Bertz CT molecular complexity index is 1280. The van der Waals surface area contributed by atoms with E-state index in [4.69, 9.17) is 21.1 Å². The van der Waals surface area contributed by atoms with Gasteiger partial charge in [0.1, 0.15) is 24.2 Å². The number of carboxylic acid groups (broad SMARTS) is 1. The molecule has 1 fully saturated rings. The number of anilines is 1. The fraction of sp³-hybridized carbons (Fsp3) is 0.286. The van der Waals surface area contributed by atoms with Crippen LogP contribution in [0.2, 0.25) is 5.02 Å². The molecule has 0 aromatic heterocycles. The Labute approximate surface area is 208 Å². The number of fused-ring (bicyclic) bond motifs is 1. The lowest BCUT2D eigenvalue weighted by Gasteiger charge is -2.17. The van der Waals surface area contributed by atoms with Crippen LogP contribution in [0.4, 0.5) is 5.69 Å². The second kappa shape index (κ2) is 8.93. The van der Waals surface area contributed by atoms with Gasteiger partial charge in [-0.25, -0.2) is 0 Å². The van der Waals surface area contributed by atoms with E-state index in [0.717, 1.165) is 23.3 Å². The molecule has 5 rings (SSSR count). The minimum absolute atomic E-state index is 0.0785. The zero-order valence-corrected chi connectivity index (χ0v) is 20.3. The highest BCUT2D eigenvalue weighted by atomic mass is 35.5. The molecular formula is C28H26ClNO5. The van der Waals surface area contributed by atoms with E-state index in [1.807, 2.05) is 50.2 Å². The summed E-state index contributed by atoms with van der Waals surface area (Å²) in [4.78, 5) is 24.9. The van der Waals surface area contributed by atoms with Gasteiger partial charge < -0.3 is 19.9 Å². The third kappa shape index (κ3) is 4.46. The standard InChI is InChI=1S/C28H26ClNO5/c1-16-7-8-19(28(9-10-28)27(32)33)13-23(16)30-26(31)25-17(2)11-20(14-22(25)29)34-15-21-12-18-5-3-4-6-24(18)35-21/h3-8,11,13-14,21H,9-10,12,15H2,1-2H3,(H,30,31)(H,32,33)/t21-/m0/s1. The van der Waals surface area contributed by atoms with Crippen molar-refractivity contribution < 1.29 is 24.2 Å². The molecule has 1 saturated carbocycles. The summed E-state index contributed by atoms with van der Waals surface area (Å²) in [5.74, 6) is 0.269. The van der Waals surface area contributed by atoms with Crippen LogP contribution in [0.3, 0.4) is 0 Å². The zero-order valence-electron chi connectivity index (χ0n) is 19.6. The van der Waals surface area contributed by atoms with E-state index in [2.05, 4.69) is 5.32 Å². The predicted molar refractivity (Wildman–Crippen MR) is 134 cm³/mol. The van der Waals surface area contributed by atoms with Crippen molar-refractivity contribution >= 4 is 29.2 Å². The number of hydrogen-bond acceptors (Lipinski definition) is 4. The van der Waals surface area contributed by atoms with Gasteiger partial charge in [-0.3, -0.25) is 9.59 Å². The number of para-hydroxylation sites is 1. The van der Waals surface area contributed by atoms with Crippen LogP contribution in [0.15, 0.2) is 54.6 Å². The Morgan fingerprint density at radius 2 is 1.89 bits per heavy atom. The van der Waals surface area contributed by atoms with Crippen LogP contribution in [0.5, 0.6) is 11.5 Å². The van der Waals surface area contributed by atoms with Crippen LogP contribution in [0.1, 0.15) is 45.5 Å². The summed E-state index contributed by atoms with van der Waals surface area (Å²) in [5.41, 5.74) is 3.48. The molecule has 0 unspecified atom stereocenters. The van der Waals surface area contributed by atoms with Gasteiger partial charge in [-0.15, -0.1) is 0 Å². The molecule has 1 aliphatic heterocycles.